The number of aliphatic hydroxyl groups excluding tert-OH is 1. The zero-order chi connectivity index (χ0) is 16.2. The van der Waals surface area contributed by atoms with E-state index < -0.39 is 6.67 Å². The number of hydrogen-bond donors (Lipinski definition) is 2. The van der Waals surface area contributed by atoms with Crippen molar-refractivity contribution in [3.05, 3.63) is 18.0 Å². The zero-order valence-electron chi connectivity index (χ0n) is 13.4. The van der Waals surface area contributed by atoms with Crippen molar-refractivity contribution in [3.63, 3.8) is 0 Å². The van der Waals surface area contributed by atoms with Crippen molar-refractivity contribution in [1.82, 2.24) is 15.1 Å². The Bertz CT molecular complexity index is 495. The van der Waals surface area contributed by atoms with Crippen LogP contribution in [0.25, 0.3) is 0 Å². The van der Waals surface area contributed by atoms with Crippen molar-refractivity contribution in [2.45, 2.75) is 52.1 Å². The summed E-state index contributed by atoms with van der Waals surface area (Å²) in [4.78, 5) is 12.5. The molecule has 0 aliphatic heterocycles. The van der Waals surface area contributed by atoms with Crippen LogP contribution in [0.4, 0.5) is 4.39 Å². The highest BCUT2D eigenvalue weighted by Crippen LogP contribution is 2.43. The lowest BCUT2D eigenvalue weighted by Gasteiger charge is -2.39. The van der Waals surface area contributed by atoms with E-state index in [-0.39, 0.29) is 36.4 Å². The molecule has 6 heteroatoms. The number of nitrogens with zero attached hydrogens (tertiary/aromatic N) is 2. The number of carbonyl (C=O) groups is 1. The highest BCUT2D eigenvalue weighted by molar-refractivity contribution is 5.93. The monoisotopic (exact) mass is 311 g/mol. The van der Waals surface area contributed by atoms with E-state index in [9.17, 15) is 14.3 Å². The summed E-state index contributed by atoms with van der Waals surface area (Å²) >= 11 is 0. The fourth-order valence-electron chi connectivity index (χ4n) is 3.59. The Labute approximate surface area is 130 Å². The van der Waals surface area contributed by atoms with Gasteiger partial charge in [-0.15, -0.1) is 0 Å². The van der Waals surface area contributed by atoms with Gasteiger partial charge in [-0.25, -0.2) is 4.39 Å². The summed E-state index contributed by atoms with van der Waals surface area (Å²) in [6, 6.07) is -0.0722. The number of carbonyl (C=O) groups excluding carboxylic acids is 1. The summed E-state index contributed by atoms with van der Waals surface area (Å²) in [7, 11) is 0. The molecule has 1 atom stereocenters. The van der Waals surface area contributed by atoms with Gasteiger partial charge in [0, 0.05) is 17.7 Å². The van der Waals surface area contributed by atoms with Gasteiger partial charge in [-0.3, -0.25) is 9.48 Å². The highest BCUT2D eigenvalue weighted by Gasteiger charge is 2.43. The lowest BCUT2D eigenvalue weighted by Crippen LogP contribution is -2.51. The summed E-state index contributed by atoms with van der Waals surface area (Å²) < 4.78 is 13.7. The van der Waals surface area contributed by atoms with Crippen LogP contribution in [0, 0.1) is 11.3 Å². The summed E-state index contributed by atoms with van der Waals surface area (Å²) in [6.45, 7) is 3.87. The summed E-state index contributed by atoms with van der Waals surface area (Å²) in [5.41, 5.74) is 0.212. The highest BCUT2D eigenvalue weighted by atomic mass is 19.1. The van der Waals surface area contributed by atoms with Crippen LogP contribution in [0.5, 0.6) is 0 Å². The molecule has 2 rings (SSSR count). The molecule has 1 aromatic rings. The van der Waals surface area contributed by atoms with E-state index in [4.69, 9.17) is 0 Å². The van der Waals surface area contributed by atoms with Crippen LogP contribution in [0.1, 0.15) is 49.9 Å². The van der Waals surface area contributed by atoms with Gasteiger partial charge >= 0.3 is 0 Å². The van der Waals surface area contributed by atoms with Gasteiger partial charge < -0.3 is 10.4 Å². The Kier molecular flexibility index (Phi) is 5.56. The molecule has 0 radical (unpaired) electrons. The molecule has 0 bridgehead atoms. The van der Waals surface area contributed by atoms with Gasteiger partial charge in [0.05, 0.1) is 24.9 Å². The molecule has 124 valence electrons. The second-order valence-corrected chi connectivity index (χ2v) is 6.60. The molecule has 0 spiro atoms. The molecule has 0 saturated heterocycles. The van der Waals surface area contributed by atoms with Crippen LogP contribution in [-0.4, -0.2) is 40.1 Å². The van der Waals surface area contributed by atoms with E-state index in [1.165, 1.54) is 10.9 Å². The summed E-state index contributed by atoms with van der Waals surface area (Å²) in [6.07, 6.45) is 7.08. The Hall–Kier alpha value is -1.43. The third-order valence-electron chi connectivity index (χ3n) is 4.74. The minimum Gasteiger partial charge on any atom is -0.396 e. The first-order valence-corrected chi connectivity index (χ1v) is 8.02. The number of hydrogen-bond acceptors (Lipinski definition) is 3. The van der Waals surface area contributed by atoms with Crippen LogP contribution in [0.2, 0.25) is 0 Å². The predicted molar refractivity (Wildman–Crippen MR) is 82.3 cm³/mol. The summed E-state index contributed by atoms with van der Waals surface area (Å²) in [5.74, 6) is 0.0265. The molecule has 1 aliphatic rings. The molecule has 1 unspecified atom stereocenters. The van der Waals surface area contributed by atoms with Crippen molar-refractivity contribution in [1.29, 1.82) is 0 Å². The fraction of sp³-hybridized carbons (Fsp3) is 0.750. The first kappa shape index (κ1) is 16.9. The molecule has 0 aromatic carbocycles. The van der Waals surface area contributed by atoms with Gasteiger partial charge in [-0.1, -0.05) is 26.7 Å². The van der Waals surface area contributed by atoms with Crippen LogP contribution >= 0.6 is 0 Å². The maximum absolute atomic E-state index is 12.5. The average molecular weight is 311 g/mol. The molecule has 5 nitrogen and oxygen atoms in total. The number of amides is 1. The largest absolute Gasteiger partial charge is 0.396 e. The molecular weight excluding hydrogens is 285 g/mol. The van der Waals surface area contributed by atoms with Crippen LogP contribution in [-0.2, 0) is 6.54 Å². The topological polar surface area (TPSA) is 67.2 Å². The number of halogens is 1. The molecule has 22 heavy (non-hydrogen) atoms. The van der Waals surface area contributed by atoms with Crippen molar-refractivity contribution < 1.29 is 14.3 Å². The number of nitrogens with one attached hydrogen (secondary N) is 1. The lowest BCUT2D eigenvalue weighted by molar-refractivity contribution is 0.0568. The van der Waals surface area contributed by atoms with Gasteiger partial charge in [0.15, 0.2) is 0 Å². The van der Waals surface area contributed by atoms with Crippen LogP contribution in [0.3, 0.4) is 0 Å². The van der Waals surface area contributed by atoms with Crippen LogP contribution in [0.15, 0.2) is 12.4 Å². The normalized spacial score (nSPS) is 18.6. The van der Waals surface area contributed by atoms with Crippen LogP contribution < -0.4 is 5.32 Å². The maximum Gasteiger partial charge on any atom is 0.254 e. The number of aromatic nitrogens is 2. The standard InChI is InChI=1S/C16H26FN3O2/c1-12(2)14(16(11-21)5-3-4-6-16)19-15(22)13-9-18-20(10-13)8-7-17/h9-10,12,14,21H,3-8,11H2,1-2H3,(H,19,22). The first-order chi connectivity index (χ1) is 10.5. The maximum atomic E-state index is 12.5. The minimum atomic E-state index is -0.509. The Balaban J connectivity index is 2.11. The third-order valence-corrected chi connectivity index (χ3v) is 4.74. The van der Waals surface area contributed by atoms with Crippen molar-refractivity contribution in [2.24, 2.45) is 11.3 Å². The zero-order valence-corrected chi connectivity index (χ0v) is 13.4. The Morgan fingerprint density at radius 2 is 2.18 bits per heavy atom. The number of rotatable bonds is 7. The van der Waals surface area contributed by atoms with E-state index in [1.807, 2.05) is 0 Å². The fourth-order valence-corrected chi connectivity index (χ4v) is 3.59. The predicted octanol–water partition coefficient (Wildman–Crippen LogP) is 2.16. The van der Waals surface area contributed by atoms with Crippen molar-refractivity contribution >= 4 is 5.91 Å². The smallest absolute Gasteiger partial charge is 0.254 e. The lowest BCUT2D eigenvalue weighted by atomic mass is 9.74. The molecular formula is C16H26FN3O2. The van der Waals surface area contributed by atoms with Gasteiger partial charge in [-0.05, 0) is 18.8 Å². The van der Waals surface area contributed by atoms with E-state index in [0.717, 1.165) is 25.7 Å². The van der Waals surface area contributed by atoms with Gasteiger partial charge in [0.2, 0.25) is 0 Å². The molecule has 1 amide bonds. The molecule has 2 N–H and O–H groups in total. The summed E-state index contributed by atoms with van der Waals surface area (Å²) in [5, 5.41) is 16.9. The number of aryl methyl sites for hydroxylation is 1. The van der Waals surface area contributed by atoms with Gasteiger partial charge in [-0.2, -0.15) is 5.10 Å². The van der Waals surface area contributed by atoms with E-state index in [1.54, 1.807) is 6.20 Å². The number of alkyl halides is 1. The van der Waals surface area contributed by atoms with Gasteiger partial charge in [0.25, 0.3) is 5.91 Å². The first-order valence-electron chi connectivity index (χ1n) is 8.02. The minimum absolute atomic E-state index is 0.0722. The third kappa shape index (κ3) is 3.48. The Morgan fingerprint density at radius 3 is 2.73 bits per heavy atom. The van der Waals surface area contributed by atoms with E-state index in [0.29, 0.717) is 5.56 Å². The van der Waals surface area contributed by atoms with Crippen molar-refractivity contribution in [3.8, 4) is 0 Å². The second kappa shape index (κ2) is 7.22. The molecule has 1 heterocycles. The SMILES string of the molecule is CC(C)C(NC(=O)c1cnn(CCF)c1)C1(CO)CCCC1. The van der Waals surface area contributed by atoms with E-state index in [2.05, 4.69) is 24.3 Å². The molecule has 1 aliphatic carbocycles. The second-order valence-electron chi connectivity index (χ2n) is 6.60. The molecule has 1 aromatic heterocycles. The average Bonchev–Trinajstić information content (AvgIpc) is 3.14. The number of aliphatic hydroxyl groups is 1. The quantitative estimate of drug-likeness (QED) is 0.811. The Morgan fingerprint density at radius 1 is 1.50 bits per heavy atom. The van der Waals surface area contributed by atoms with Gasteiger partial charge in [0.1, 0.15) is 6.67 Å². The van der Waals surface area contributed by atoms with E-state index >= 15 is 0 Å². The molecule has 1 saturated carbocycles. The molecule has 1 fully saturated rings. The van der Waals surface area contributed by atoms with Crippen molar-refractivity contribution in [2.75, 3.05) is 13.3 Å².